The third-order valence-electron chi connectivity index (χ3n) is 5.51. The summed E-state index contributed by atoms with van der Waals surface area (Å²) < 4.78 is 11.6. The van der Waals surface area contributed by atoms with Crippen molar-refractivity contribution in [1.82, 2.24) is 15.0 Å². The average Bonchev–Trinajstić information content (AvgIpc) is 3.44. The van der Waals surface area contributed by atoms with Crippen molar-refractivity contribution in [3.63, 3.8) is 0 Å². The van der Waals surface area contributed by atoms with E-state index in [4.69, 9.17) is 9.26 Å². The molecule has 31 heavy (non-hydrogen) atoms. The molecule has 1 fully saturated rings. The van der Waals surface area contributed by atoms with Gasteiger partial charge in [0.1, 0.15) is 23.0 Å². The van der Waals surface area contributed by atoms with E-state index in [1.54, 1.807) is 0 Å². The monoisotopic (exact) mass is 440 g/mol. The SMILES string of the molecule is Cc1nc(C)c(C(=O)Nc2ccc(OCCN3CCCC3)c(-c3c(C)noc3C)c2)s1. The molecule has 1 saturated heterocycles. The van der Waals surface area contributed by atoms with Gasteiger partial charge in [-0.25, -0.2) is 4.98 Å². The van der Waals surface area contributed by atoms with Crippen LogP contribution in [0.25, 0.3) is 11.1 Å². The molecule has 8 heteroatoms. The van der Waals surface area contributed by atoms with Crippen LogP contribution in [0.4, 0.5) is 5.69 Å². The number of likely N-dealkylation sites (tertiary alicyclic amines) is 1. The number of aromatic nitrogens is 2. The Bertz CT molecular complexity index is 1060. The number of hydrogen-bond acceptors (Lipinski definition) is 7. The van der Waals surface area contributed by atoms with Crippen molar-refractivity contribution < 1.29 is 14.1 Å². The molecule has 1 aliphatic heterocycles. The second-order valence-electron chi connectivity index (χ2n) is 7.91. The fourth-order valence-corrected chi connectivity index (χ4v) is 4.83. The van der Waals surface area contributed by atoms with E-state index in [1.807, 2.05) is 45.9 Å². The van der Waals surface area contributed by atoms with E-state index in [-0.39, 0.29) is 5.91 Å². The minimum atomic E-state index is -0.157. The molecule has 3 aromatic rings. The molecular formula is C23H28N4O3S. The lowest BCUT2D eigenvalue weighted by molar-refractivity contribution is 0.103. The number of ether oxygens (including phenoxy) is 1. The number of amides is 1. The Hall–Kier alpha value is -2.71. The summed E-state index contributed by atoms with van der Waals surface area (Å²) in [6, 6.07) is 5.71. The standard InChI is InChI=1S/C23H28N4O3S/c1-14-21(16(3)30-26-14)19-13-18(25-23(28)22-15(2)24-17(4)31-22)7-8-20(19)29-12-11-27-9-5-6-10-27/h7-8,13H,5-6,9-12H2,1-4H3,(H,25,28). The molecule has 1 N–H and O–H groups in total. The number of anilines is 1. The molecule has 1 amide bonds. The minimum Gasteiger partial charge on any atom is -0.492 e. The summed E-state index contributed by atoms with van der Waals surface area (Å²) in [4.78, 5) is 20.2. The first-order chi connectivity index (χ1) is 14.9. The Balaban J connectivity index is 1.58. The smallest absolute Gasteiger partial charge is 0.267 e. The first kappa shape index (κ1) is 21.5. The van der Waals surface area contributed by atoms with E-state index < -0.39 is 0 Å². The van der Waals surface area contributed by atoms with Crippen molar-refractivity contribution in [2.45, 2.75) is 40.5 Å². The summed E-state index contributed by atoms with van der Waals surface area (Å²) in [5.41, 5.74) is 3.99. The second kappa shape index (κ2) is 9.20. The topological polar surface area (TPSA) is 80.5 Å². The van der Waals surface area contributed by atoms with Crippen LogP contribution in [-0.4, -0.2) is 47.2 Å². The summed E-state index contributed by atoms with van der Waals surface area (Å²) in [5, 5.41) is 7.97. The predicted molar refractivity (Wildman–Crippen MR) is 122 cm³/mol. The first-order valence-electron chi connectivity index (χ1n) is 10.6. The van der Waals surface area contributed by atoms with E-state index in [2.05, 4.69) is 20.4 Å². The van der Waals surface area contributed by atoms with Crippen LogP contribution in [0.2, 0.25) is 0 Å². The number of carbonyl (C=O) groups is 1. The maximum absolute atomic E-state index is 12.8. The van der Waals surface area contributed by atoms with Gasteiger partial charge in [0, 0.05) is 17.8 Å². The normalized spacial score (nSPS) is 14.2. The third kappa shape index (κ3) is 4.80. The zero-order chi connectivity index (χ0) is 22.0. The van der Waals surface area contributed by atoms with Gasteiger partial charge in [-0.15, -0.1) is 11.3 Å². The van der Waals surface area contributed by atoms with Crippen LogP contribution < -0.4 is 10.1 Å². The lowest BCUT2D eigenvalue weighted by atomic mass is 10.0. The number of thiazole rings is 1. The van der Waals surface area contributed by atoms with Gasteiger partial charge in [-0.1, -0.05) is 5.16 Å². The van der Waals surface area contributed by atoms with E-state index in [9.17, 15) is 4.79 Å². The van der Waals surface area contributed by atoms with Gasteiger partial charge in [0.15, 0.2) is 0 Å². The Morgan fingerprint density at radius 3 is 2.61 bits per heavy atom. The largest absolute Gasteiger partial charge is 0.492 e. The molecule has 0 atom stereocenters. The summed E-state index contributed by atoms with van der Waals surface area (Å²) in [6.45, 7) is 11.4. The lowest BCUT2D eigenvalue weighted by Gasteiger charge is -2.17. The molecule has 1 aliphatic rings. The highest BCUT2D eigenvalue weighted by molar-refractivity contribution is 7.13. The van der Waals surface area contributed by atoms with Crippen LogP contribution in [0, 0.1) is 27.7 Å². The van der Waals surface area contributed by atoms with E-state index in [1.165, 1.54) is 24.2 Å². The molecule has 0 saturated carbocycles. The van der Waals surface area contributed by atoms with Crippen LogP contribution in [0.5, 0.6) is 5.75 Å². The van der Waals surface area contributed by atoms with Crippen molar-refractivity contribution in [2.75, 3.05) is 31.6 Å². The van der Waals surface area contributed by atoms with Gasteiger partial charge in [0.25, 0.3) is 5.91 Å². The molecule has 0 aliphatic carbocycles. The molecule has 0 spiro atoms. The van der Waals surface area contributed by atoms with Gasteiger partial charge in [-0.05, 0) is 71.8 Å². The van der Waals surface area contributed by atoms with Crippen LogP contribution >= 0.6 is 11.3 Å². The average molecular weight is 441 g/mol. The predicted octanol–water partition coefficient (Wildman–Crippen LogP) is 4.76. The van der Waals surface area contributed by atoms with Crippen molar-refractivity contribution in [2.24, 2.45) is 0 Å². The van der Waals surface area contributed by atoms with Crippen molar-refractivity contribution in [1.29, 1.82) is 0 Å². The van der Waals surface area contributed by atoms with Crippen LogP contribution in [0.15, 0.2) is 22.7 Å². The van der Waals surface area contributed by atoms with Crippen molar-refractivity contribution >= 4 is 22.9 Å². The Kier molecular flexibility index (Phi) is 6.38. The summed E-state index contributed by atoms with van der Waals surface area (Å²) in [5.74, 6) is 1.33. The van der Waals surface area contributed by atoms with Gasteiger partial charge in [0.05, 0.1) is 22.0 Å². The second-order valence-corrected chi connectivity index (χ2v) is 9.11. The number of nitrogens with zero attached hydrogens (tertiary/aromatic N) is 3. The Morgan fingerprint density at radius 1 is 1.19 bits per heavy atom. The molecule has 3 heterocycles. The summed E-state index contributed by atoms with van der Waals surface area (Å²) in [7, 11) is 0. The molecule has 0 unspecified atom stereocenters. The molecule has 0 bridgehead atoms. The molecule has 164 valence electrons. The molecule has 7 nitrogen and oxygen atoms in total. The molecule has 0 radical (unpaired) electrons. The Morgan fingerprint density at radius 2 is 1.97 bits per heavy atom. The van der Waals surface area contributed by atoms with Gasteiger partial charge in [-0.3, -0.25) is 9.69 Å². The number of aryl methyl sites for hydroxylation is 4. The van der Waals surface area contributed by atoms with Crippen LogP contribution in [0.1, 0.15) is 44.7 Å². The zero-order valence-corrected chi connectivity index (χ0v) is 19.3. The zero-order valence-electron chi connectivity index (χ0n) is 18.4. The van der Waals surface area contributed by atoms with E-state index >= 15 is 0 Å². The van der Waals surface area contributed by atoms with Crippen molar-refractivity contribution in [3.05, 3.63) is 45.2 Å². The maximum atomic E-state index is 12.8. The Labute approximate surface area is 186 Å². The highest BCUT2D eigenvalue weighted by atomic mass is 32.1. The number of hydrogen-bond donors (Lipinski definition) is 1. The van der Waals surface area contributed by atoms with Gasteiger partial charge >= 0.3 is 0 Å². The van der Waals surface area contributed by atoms with E-state index in [0.29, 0.717) is 17.2 Å². The van der Waals surface area contributed by atoms with Crippen LogP contribution in [-0.2, 0) is 0 Å². The molecule has 1 aromatic carbocycles. The van der Waals surface area contributed by atoms with Gasteiger partial charge in [0.2, 0.25) is 0 Å². The minimum absolute atomic E-state index is 0.157. The molecule has 4 rings (SSSR count). The fraction of sp³-hybridized carbons (Fsp3) is 0.435. The third-order valence-corrected chi connectivity index (χ3v) is 6.59. The van der Waals surface area contributed by atoms with Crippen LogP contribution in [0.3, 0.4) is 0 Å². The lowest BCUT2D eigenvalue weighted by Crippen LogP contribution is -2.25. The maximum Gasteiger partial charge on any atom is 0.267 e. The number of benzene rings is 1. The quantitative estimate of drug-likeness (QED) is 0.571. The van der Waals surface area contributed by atoms with Gasteiger partial charge in [-0.2, -0.15) is 0 Å². The molecule has 2 aromatic heterocycles. The number of nitrogens with one attached hydrogen (secondary N) is 1. The van der Waals surface area contributed by atoms with E-state index in [0.717, 1.165) is 58.7 Å². The first-order valence-corrected chi connectivity index (χ1v) is 11.4. The highest BCUT2D eigenvalue weighted by Crippen LogP contribution is 2.37. The number of rotatable bonds is 7. The summed E-state index contributed by atoms with van der Waals surface area (Å²) in [6.07, 6.45) is 2.52. The highest BCUT2D eigenvalue weighted by Gasteiger charge is 2.20. The number of carbonyl (C=O) groups excluding carboxylic acids is 1. The van der Waals surface area contributed by atoms with Crippen molar-refractivity contribution in [3.8, 4) is 16.9 Å². The molecular weight excluding hydrogens is 412 g/mol. The fourth-order valence-electron chi connectivity index (χ4n) is 4.02. The van der Waals surface area contributed by atoms with Gasteiger partial charge < -0.3 is 14.6 Å². The summed E-state index contributed by atoms with van der Waals surface area (Å²) >= 11 is 1.40.